The van der Waals surface area contributed by atoms with Crippen molar-refractivity contribution in [3.63, 3.8) is 0 Å². The average molecular weight is 383 g/mol. The Morgan fingerprint density at radius 1 is 1.21 bits per heavy atom. The number of likely N-dealkylation sites (tertiary alicyclic amines) is 1. The highest BCUT2D eigenvalue weighted by Crippen LogP contribution is 2.24. The predicted octanol–water partition coefficient (Wildman–Crippen LogP) is 1.97. The van der Waals surface area contributed by atoms with E-state index in [0.29, 0.717) is 18.7 Å². The van der Waals surface area contributed by atoms with Crippen LogP contribution >= 0.6 is 0 Å². The van der Waals surface area contributed by atoms with Gasteiger partial charge in [0, 0.05) is 37.7 Å². The number of carbonyl (C=O) groups excluding carboxylic acids is 2. The lowest BCUT2D eigenvalue weighted by atomic mass is 10.1. The second kappa shape index (κ2) is 9.01. The first kappa shape index (κ1) is 20.1. The van der Waals surface area contributed by atoms with Crippen LogP contribution in [0.5, 0.6) is 0 Å². The van der Waals surface area contributed by atoms with Crippen LogP contribution in [-0.2, 0) is 11.2 Å². The van der Waals surface area contributed by atoms with Crippen LogP contribution in [0.4, 0.5) is 0 Å². The Bertz CT molecular complexity index is 814. The van der Waals surface area contributed by atoms with Gasteiger partial charge in [0.1, 0.15) is 5.69 Å². The third-order valence-electron chi connectivity index (χ3n) is 5.66. The molecule has 1 aliphatic heterocycles. The average Bonchev–Trinajstić information content (AvgIpc) is 3.34. The van der Waals surface area contributed by atoms with Crippen LogP contribution in [-0.4, -0.2) is 59.6 Å². The molecule has 1 aliphatic rings. The number of aromatic amines is 1. The molecule has 1 aromatic heterocycles. The molecule has 1 fully saturated rings. The Kier molecular flexibility index (Phi) is 6.46. The minimum atomic E-state index is -0.160. The van der Waals surface area contributed by atoms with Crippen molar-refractivity contribution >= 4 is 11.8 Å². The number of benzene rings is 1. The van der Waals surface area contributed by atoms with Gasteiger partial charge in [-0.15, -0.1) is 0 Å². The van der Waals surface area contributed by atoms with Crippen molar-refractivity contribution in [3.05, 3.63) is 41.6 Å². The topological polar surface area (TPSA) is 90.1 Å². The Hall–Kier alpha value is -2.67. The highest BCUT2D eigenvalue weighted by molar-refractivity contribution is 5.93. The molecule has 0 bridgehead atoms. The summed E-state index contributed by atoms with van der Waals surface area (Å²) in [4.78, 5) is 26.3. The number of rotatable bonds is 7. The minimum Gasteiger partial charge on any atom is -0.359 e. The van der Waals surface area contributed by atoms with Crippen molar-refractivity contribution in [3.8, 4) is 11.3 Å². The smallest absolute Gasteiger partial charge is 0.269 e. The summed E-state index contributed by atoms with van der Waals surface area (Å²) in [5, 5.41) is 12.8. The normalized spacial score (nSPS) is 19.5. The van der Waals surface area contributed by atoms with Crippen LogP contribution in [0, 0.1) is 0 Å². The molecule has 0 saturated carbocycles. The first-order chi connectivity index (χ1) is 13.5. The molecule has 2 amide bonds. The molecule has 7 nitrogen and oxygen atoms in total. The summed E-state index contributed by atoms with van der Waals surface area (Å²) >= 11 is 0. The van der Waals surface area contributed by atoms with E-state index in [4.69, 9.17) is 0 Å². The van der Waals surface area contributed by atoms with Crippen LogP contribution < -0.4 is 10.6 Å². The molecule has 3 rings (SSSR count). The zero-order chi connectivity index (χ0) is 20.1. The van der Waals surface area contributed by atoms with Crippen LogP contribution in [0.25, 0.3) is 11.3 Å². The molecule has 3 N–H and O–H groups in total. The number of nitrogens with zero attached hydrogens (tertiary/aromatic N) is 2. The molecular formula is C21H29N5O2. The van der Waals surface area contributed by atoms with Gasteiger partial charge in [-0.3, -0.25) is 19.6 Å². The van der Waals surface area contributed by atoms with Crippen molar-refractivity contribution in [1.82, 2.24) is 25.7 Å². The SMILES string of the molecule is CCc1ccc(-c2cc(C(=O)NC[C@@H]3CC[C@H](CC(=O)NC)N3C)[nH]n2)cc1. The molecule has 0 aliphatic carbocycles. The molecule has 7 heteroatoms. The van der Waals surface area contributed by atoms with Gasteiger partial charge in [-0.2, -0.15) is 5.10 Å². The van der Waals surface area contributed by atoms with E-state index in [-0.39, 0.29) is 23.9 Å². The number of carbonyl (C=O) groups is 2. The van der Waals surface area contributed by atoms with Crippen molar-refractivity contribution < 1.29 is 9.59 Å². The predicted molar refractivity (Wildman–Crippen MR) is 109 cm³/mol. The maximum atomic E-state index is 12.5. The summed E-state index contributed by atoms with van der Waals surface area (Å²) in [7, 11) is 3.68. The highest BCUT2D eigenvalue weighted by Gasteiger charge is 2.31. The van der Waals surface area contributed by atoms with Crippen LogP contribution in [0.3, 0.4) is 0 Å². The number of hydrogen-bond donors (Lipinski definition) is 3. The van der Waals surface area contributed by atoms with E-state index in [0.717, 1.165) is 30.5 Å². The second-order valence-corrected chi connectivity index (χ2v) is 7.36. The van der Waals surface area contributed by atoms with E-state index in [1.165, 1.54) is 5.56 Å². The van der Waals surface area contributed by atoms with E-state index >= 15 is 0 Å². The quantitative estimate of drug-likeness (QED) is 0.682. The summed E-state index contributed by atoms with van der Waals surface area (Å²) in [6, 6.07) is 10.5. The summed E-state index contributed by atoms with van der Waals surface area (Å²) < 4.78 is 0. The van der Waals surface area contributed by atoms with Gasteiger partial charge in [-0.05, 0) is 37.9 Å². The summed E-state index contributed by atoms with van der Waals surface area (Å²) in [5.74, 6) is -0.106. The third-order valence-corrected chi connectivity index (χ3v) is 5.66. The van der Waals surface area contributed by atoms with Gasteiger partial charge in [0.15, 0.2) is 0 Å². The van der Waals surface area contributed by atoms with Gasteiger partial charge >= 0.3 is 0 Å². The summed E-state index contributed by atoms with van der Waals surface area (Å²) in [6.45, 7) is 2.67. The van der Waals surface area contributed by atoms with Crippen molar-refractivity contribution in [2.24, 2.45) is 0 Å². The number of H-pyrrole nitrogens is 1. The molecule has 2 atom stereocenters. The molecule has 28 heavy (non-hydrogen) atoms. The lowest BCUT2D eigenvalue weighted by Gasteiger charge is -2.25. The lowest BCUT2D eigenvalue weighted by molar-refractivity contribution is -0.121. The highest BCUT2D eigenvalue weighted by atomic mass is 16.2. The van der Waals surface area contributed by atoms with Gasteiger partial charge in [0.05, 0.1) is 5.69 Å². The first-order valence-electron chi connectivity index (χ1n) is 9.87. The fourth-order valence-corrected chi connectivity index (χ4v) is 3.70. The standard InChI is InChI=1S/C21H29N5O2/c1-4-14-5-7-15(8-6-14)18-12-19(25-24-18)21(28)23-13-17-10-9-16(26(17)3)11-20(27)22-2/h5-8,12,16-17H,4,9-11,13H2,1-3H3,(H,22,27)(H,23,28)(H,24,25)/t16-,17+/m1/s1. The van der Waals surface area contributed by atoms with Gasteiger partial charge in [0.2, 0.25) is 5.91 Å². The van der Waals surface area contributed by atoms with Crippen LogP contribution in [0.15, 0.2) is 30.3 Å². The van der Waals surface area contributed by atoms with E-state index in [1.807, 2.05) is 19.2 Å². The van der Waals surface area contributed by atoms with Gasteiger partial charge in [0.25, 0.3) is 5.91 Å². The number of amides is 2. The minimum absolute atomic E-state index is 0.0542. The van der Waals surface area contributed by atoms with Crippen molar-refractivity contribution in [2.45, 2.75) is 44.7 Å². The zero-order valence-electron chi connectivity index (χ0n) is 16.8. The molecule has 150 valence electrons. The molecule has 0 spiro atoms. The Labute approximate surface area is 165 Å². The Morgan fingerprint density at radius 2 is 1.93 bits per heavy atom. The van der Waals surface area contributed by atoms with Crippen LogP contribution in [0.1, 0.15) is 42.2 Å². The number of nitrogens with one attached hydrogen (secondary N) is 3. The molecule has 0 unspecified atom stereocenters. The van der Waals surface area contributed by atoms with Gasteiger partial charge in [-0.25, -0.2) is 0 Å². The monoisotopic (exact) mass is 383 g/mol. The van der Waals surface area contributed by atoms with E-state index in [1.54, 1.807) is 13.1 Å². The third kappa shape index (κ3) is 4.59. The molecule has 1 aromatic carbocycles. The molecule has 2 heterocycles. The summed E-state index contributed by atoms with van der Waals surface area (Å²) in [6.07, 6.45) is 3.43. The van der Waals surface area contributed by atoms with E-state index < -0.39 is 0 Å². The number of hydrogen-bond acceptors (Lipinski definition) is 4. The fourth-order valence-electron chi connectivity index (χ4n) is 3.70. The number of aromatic nitrogens is 2. The van der Waals surface area contributed by atoms with Crippen molar-refractivity contribution in [2.75, 3.05) is 20.6 Å². The zero-order valence-corrected chi connectivity index (χ0v) is 16.8. The largest absolute Gasteiger partial charge is 0.359 e. The molecular weight excluding hydrogens is 354 g/mol. The number of likely N-dealkylation sites (N-methyl/N-ethyl adjacent to an activating group) is 1. The van der Waals surface area contributed by atoms with Gasteiger partial charge < -0.3 is 10.6 Å². The maximum Gasteiger partial charge on any atom is 0.269 e. The van der Waals surface area contributed by atoms with Gasteiger partial charge in [-0.1, -0.05) is 31.2 Å². The van der Waals surface area contributed by atoms with Crippen molar-refractivity contribution in [1.29, 1.82) is 0 Å². The Morgan fingerprint density at radius 3 is 2.61 bits per heavy atom. The van der Waals surface area contributed by atoms with Crippen LogP contribution in [0.2, 0.25) is 0 Å². The molecule has 2 aromatic rings. The van der Waals surface area contributed by atoms with E-state index in [9.17, 15) is 9.59 Å². The summed E-state index contributed by atoms with van der Waals surface area (Å²) in [5.41, 5.74) is 3.47. The lowest BCUT2D eigenvalue weighted by Crippen LogP contribution is -2.42. The molecule has 1 saturated heterocycles. The van der Waals surface area contributed by atoms with E-state index in [2.05, 4.69) is 44.8 Å². The second-order valence-electron chi connectivity index (χ2n) is 7.36. The first-order valence-corrected chi connectivity index (χ1v) is 9.87. The number of aryl methyl sites for hydroxylation is 1. The Balaban J connectivity index is 1.54. The molecule has 0 radical (unpaired) electrons. The maximum absolute atomic E-state index is 12.5. The fraction of sp³-hybridized carbons (Fsp3) is 0.476.